The third-order valence-corrected chi connectivity index (χ3v) is 5.04. The summed E-state index contributed by atoms with van der Waals surface area (Å²) in [6, 6.07) is 21.2. The highest BCUT2D eigenvalue weighted by Gasteiger charge is 2.35. The molecule has 1 nitrogen and oxygen atoms in total. The third kappa shape index (κ3) is 2.16. The lowest BCUT2D eigenvalue weighted by Gasteiger charge is -2.44. The zero-order valence-corrected chi connectivity index (χ0v) is 11.8. The second-order valence-corrected chi connectivity index (χ2v) is 6.24. The van der Waals surface area contributed by atoms with Crippen LogP contribution in [0, 0.1) is 5.92 Å². The summed E-state index contributed by atoms with van der Waals surface area (Å²) < 4.78 is 0. The lowest BCUT2D eigenvalue weighted by atomic mass is 9.74. The minimum atomic E-state index is 0.590. The van der Waals surface area contributed by atoms with Crippen LogP contribution in [0.3, 0.4) is 0 Å². The molecule has 2 aromatic carbocycles. The molecule has 2 heterocycles. The van der Waals surface area contributed by atoms with E-state index in [0.29, 0.717) is 6.04 Å². The van der Waals surface area contributed by atoms with E-state index in [1.54, 1.807) is 0 Å². The quantitative estimate of drug-likeness (QED) is 0.837. The molecular weight excluding hydrogens is 242 g/mol. The van der Waals surface area contributed by atoms with Gasteiger partial charge in [0.05, 0.1) is 0 Å². The summed E-state index contributed by atoms with van der Waals surface area (Å²) in [5.41, 5.74) is 4.09. The predicted octanol–water partition coefficient (Wildman–Crippen LogP) is 4.56. The van der Waals surface area contributed by atoms with Gasteiger partial charge in [-0.05, 0) is 48.3 Å². The van der Waals surface area contributed by atoms with Crippen molar-refractivity contribution < 1.29 is 0 Å². The van der Waals surface area contributed by atoms with Gasteiger partial charge in [0, 0.05) is 12.1 Å². The first kappa shape index (κ1) is 12.2. The molecule has 1 atom stereocenters. The van der Waals surface area contributed by atoms with Gasteiger partial charge in [0.15, 0.2) is 0 Å². The number of nitrogens with one attached hydrogen (secondary N) is 1. The van der Waals surface area contributed by atoms with Crippen LogP contribution in [0.1, 0.15) is 37.3 Å². The van der Waals surface area contributed by atoms with Gasteiger partial charge >= 0.3 is 0 Å². The lowest BCUT2D eigenvalue weighted by molar-refractivity contribution is 0.149. The van der Waals surface area contributed by atoms with Crippen LogP contribution in [0.2, 0.25) is 0 Å². The van der Waals surface area contributed by atoms with Crippen molar-refractivity contribution in [1.29, 1.82) is 0 Å². The molecule has 0 aromatic heterocycles. The van der Waals surface area contributed by atoms with Crippen LogP contribution in [-0.4, -0.2) is 6.04 Å². The Bertz CT molecular complexity index is 564. The normalized spacial score (nSPS) is 28.5. The second-order valence-electron chi connectivity index (χ2n) is 6.24. The maximum absolute atomic E-state index is 3.83. The molecule has 0 spiro atoms. The Morgan fingerprint density at radius 3 is 1.95 bits per heavy atom. The summed E-state index contributed by atoms with van der Waals surface area (Å²) in [7, 11) is 0. The van der Waals surface area contributed by atoms with Crippen LogP contribution in [0.5, 0.6) is 0 Å². The fraction of sp³-hybridized carbons (Fsp3) is 0.368. The zero-order chi connectivity index (χ0) is 13.4. The summed E-state index contributed by atoms with van der Waals surface area (Å²) in [5.74, 6) is 0.850. The molecule has 3 aliphatic rings. The summed E-state index contributed by atoms with van der Waals surface area (Å²) in [6.45, 7) is 0. The molecule has 20 heavy (non-hydrogen) atoms. The summed E-state index contributed by atoms with van der Waals surface area (Å²) in [5, 5.41) is 3.83. The molecule has 1 unspecified atom stereocenters. The van der Waals surface area contributed by atoms with Crippen molar-refractivity contribution in [3.8, 4) is 11.1 Å². The SMILES string of the molecule is c1ccc(-c2ccc(C3NC4CCC3CC4)cc2)cc1. The Morgan fingerprint density at radius 1 is 0.700 bits per heavy atom. The number of hydrogen-bond donors (Lipinski definition) is 1. The first-order valence-electron chi connectivity index (χ1n) is 7.81. The van der Waals surface area contributed by atoms with Crippen LogP contribution < -0.4 is 5.32 Å². The van der Waals surface area contributed by atoms with Gasteiger partial charge in [-0.2, -0.15) is 0 Å². The summed E-state index contributed by atoms with van der Waals surface area (Å²) in [6.07, 6.45) is 5.57. The molecule has 1 aliphatic carbocycles. The predicted molar refractivity (Wildman–Crippen MR) is 83.5 cm³/mol. The number of benzene rings is 2. The molecule has 5 rings (SSSR count). The van der Waals surface area contributed by atoms with Crippen molar-refractivity contribution in [3.05, 3.63) is 60.2 Å². The number of fused-ring (bicyclic) bond motifs is 3. The molecule has 2 aliphatic heterocycles. The van der Waals surface area contributed by atoms with Gasteiger partial charge in [0.2, 0.25) is 0 Å². The van der Waals surface area contributed by atoms with E-state index in [0.717, 1.165) is 12.0 Å². The van der Waals surface area contributed by atoms with E-state index in [2.05, 4.69) is 59.9 Å². The lowest BCUT2D eigenvalue weighted by Crippen LogP contribution is -2.46. The topological polar surface area (TPSA) is 12.0 Å². The van der Waals surface area contributed by atoms with Crippen molar-refractivity contribution in [2.24, 2.45) is 5.92 Å². The highest BCUT2D eigenvalue weighted by molar-refractivity contribution is 5.63. The average Bonchev–Trinajstić information content (AvgIpc) is 2.57. The van der Waals surface area contributed by atoms with Gasteiger partial charge in [0.25, 0.3) is 0 Å². The van der Waals surface area contributed by atoms with Crippen molar-refractivity contribution in [1.82, 2.24) is 5.32 Å². The van der Waals surface area contributed by atoms with Gasteiger partial charge < -0.3 is 5.32 Å². The van der Waals surface area contributed by atoms with E-state index in [1.807, 2.05) is 0 Å². The molecule has 1 heteroatoms. The van der Waals surface area contributed by atoms with E-state index >= 15 is 0 Å². The van der Waals surface area contributed by atoms with Crippen molar-refractivity contribution in [3.63, 3.8) is 0 Å². The van der Waals surface area contributed by atoms with E-state index < -0.39 is 0 Å². The molecule has 0 radical (unpaired) electrons. The minimum absolute atomic E-state index is 0.590. The zero-order valence-electron chi connectivity index (χ0n) is 11.8. The molecule has 2 saturated heterocycles. The van der Waals surface area contributed by atoms with Crippen LogP contribution in [0.15, 0.2) is 54.6 Å². The largest absolute Gasteiger partial charge is 0.307 e. The van der Waals surface area contributed by atoms with E-state index in [1.165, 1.54) is 42.4 Å². The molecule has 2 bridgehead atoms. The van der Waals surface area contributed by atoms with Gasteiger partial charge in [-0.1, -0.05) is 54.6 Å². The second kappa shape index (κ2) is 5.06. The fourth-order valence-corrected chi connectivity index (χ4v) is 3.89. The monoisotopic (exact) mass is 263 g/mol. The molecular formula is C19H21N. The molecule has 102 valence electrons. The number of piperidine rings is 2. The first-order valence-corrected chi connectivity index (χ1v) is 7.81. The first-order chi connectivity index (χ1) is 9.90. The smallest absolute Gasteiger partial charge is 0.0351 e. The van der Waals surface area contributed by atoms with Crippen LogP contribution >= 0.6 is 0 Å². The minimum Gasteiger partial charge on any atom is -0.307 e. The van der Waals surface area contributed by atoms with Crippen molar-refractivity contribution in [2.75, 3.05) is 0 Å². The Morgan fingerprint density at radius 2 is 1.35 bits per heavy atom. The molecule has 0 amide bonds. The fourth-order valence-electron chi connectivity index (χ4n) is 3.89. The van der Waals surface area contributed by atoms with Crippen LogP contribution in [0.25, 0.3) is 11.1 Å². The van der Waals surface area contributed by atoms with Crippen molar-refractivity contribution >= 4 is 0 Å². The Balaban J connectivity index is 1.59. The standard InChI is InChI=1S/C19H21N/c1-2-4-14(5-3-1)15-6-8-16(9-7-15)19-17-10-12-18(20-19)13-11-17/h1-9,17-20H,10-13H2. The van der Waals surface area contributed by atoms with Gasteiger partial charge in [0.1, 0.15) is 0 Å². The summed E-state index contributed by atoms with van der Waals surface area (Å²) in [4.78, 5) is 0. The van der Waals surface area contributed by atoms with Gasteiger partial charge in [-0.3, -0.25) is 0 Å². The number of rotatable bonds is 2. The van der Waals surface area contributed by atoms with Crippen LogP contribution in [-0.2, 0) is 0 Å². The Labute approximate surface area is 121 Å². The Kier molecular flexibility index (Phi) is 3.08. The van der Waals surface area contributed by atoms with E-state index in [9.17, 15) is 0 Å². The highest BCUT2D eigenvalue weighted by atomic mass is 15.0. The average molecular weight is 263 g/mol. The van der Waals surface area contributed by atoms with Crippen molar-refractivity contribution in [2.45, 2.75) is 37.8 Å². The van der Waals surface area contributed by atoms with Crippen LogP contribution in [0.4, 0.5) is 0 Å². The summed E-state index contributed by atoms with van der Waals surface area (Å²) >= 11 is 0. The maximum atomic E-state index is 3.83. The molecule has 1 N–H and O–H groups in total. The van der Waals surface area contributed by atoms with E-state index in [-0.39, 0.29) is 0 Å². The molecule has 2 aromatic rings. The number of hydrogen-bond acceptors (Lipinski definition) is 1. The Hall–Kier alpha value is -1.60. The third-order valence-electron chi connectivity index (χ3n) is 5.04. The highest BCUT2D eigenvalue weighted by Crippen LogP contribution is 2.40. The van der Waals surface area contributed by atoms with Gasteiger partial charge in [-0.25, -0.2) is 0 Å². The van der Waals surface area contributed by atoms with Gasteiger partial charge in [-0.15, -0.1) is 0 Å². The van der Waals surface area contributed by atoms with E-state index in [4.69, 9.17) is 0 Å². The molecule has 3 fully saturated rings. The molecule has 1 saturated carbocycles. The maximum Gasteiger partial charge on any atom is 0.0351 e.